The lowest BCUT2D eigenvalue weighted by atomic mass is 10.2. The maximum atomic E-state index is 11.9. The summed E-state index contributed by atoms with van der Waals surface area (Å²) in [5.74, 6) is 0.672. The van der Waals surface area contributed by atoms with Crippen LogP contribution in [-0.4, -0.2) is 48.2 Å². The third kappa shape index (κ3) is 4.28. The Morgan fingerprint density at radius 2 is 1.88 bits per heavy atom. The summed E-state index contributed by atoms with van der Waals surface area (Å²) in [6.45, 7) is 2.76. The van der Waals surface area contributed by atoms with Crippen molar-refractivity contribution in [2.24, 2.45) is 5.92 Å². The molecule has 0 aromatic rings. The summed E-state index contributed by atoms with van der Waals surface area (Å²) >= 11 is 0. The SMILES string of the molecule is O=C(CNCC(O)C1CC1)N1CCCCCC1. The summed E-state index contributed by atoms with van der Waals surface area (Å²) in [7, 11) is 0. The molecule has 2 rings (SSSR count). The Kier molecular flexibility index (Phi) is 4.80. The zero-order valence-corrected chi connectivity index (χ0v) is 10.5. The predicted octanol–water partition coefficient (Wildman–Crippen LogP) is 0.749. The predicted molar refractivity (Wildman–Crippen MR) is 66.6 cm³/mol. The first-order chi connectivity index (χ1) is 8.27. The van der Waals surface area contributed by atoms with Gasteiger partial charge in [-0.2, -0.15) is 0 Å². The van der Waals surface area contributed by atoms with Gasteiger partial charge >= 0.3 is 0 Å². The zero-order chi connectivity index (χ0) is 12.1. The molecule has 98 valence electrons. The van der Waals surface area contributed by atoms with E-state index in [1.165, 1.54) is 12.8 Å². The molecular weight excluding hydrogens is 216 g/mol. The van der Waals surface area contributed by atoms with E-state index in [0.29, 0.717) is 19.0 Å². The average Bonchev–Trinajstić information content (AvgIpc) is 3.15. The Balaban J connectivity index is 1.61. The van der Waals surface area contributed by atoms with E-state index < -0.39 is 0 Å². The van der Waals surface area contributed by atoms with Crippen LogP contribution in [0.5, 0.6) is 0 Å². The molecule has 1 aliphatic carbocycles. The molecule has 1 heterocycles. The van der Waals surface area contributed by atoms with Gasteiger partial charge < -0.3 is 15.3 Å². The molecule has 4 nitrogen and oxygen atoms in total. The Labute approximate surface area is 103 Å². The third-order valence-electron chi connectivity index (χ3n) is 3.75. The van der Waals surface area contributed by atoms with Crippen molar-refractivity contribution >= 4 is 5.91 Å². The molecule has 1 saturated heterocycles. The fourth-order valence-electron chi connectivity index (χ4n) is 2.41. The number of nitrogens with zero attached hydrogens (tertiary/aromatic N) is 1. The molecule has 17 heavy (non-hydrogen) atoms. The lowest BCUT2D eigenvalue weighted by molar-refractivity contribution is -0.130. The van der Waals surface area contributed by atoms with Crippen LogP contribution in [0.4, 0.5) is 0 Å². The molecule has 1 saturated carbocycles. The molecule has 1 unspecified atom stereocenters. The number of hydrogen-bond donors (Lipinski definition) is 2. The van der Waals surface area contributed by atoms with Gasteiger partial charge in [0.1, 0.15) is 0 Å². The highest BCUT2D eigenvalue weighted by Crippen LogP contribution is 2.32. The maximum Gasteiger partial charge on any atom is 0.236 e. The molecule has 2 N–H and O–H groups in total. The topological polar surface area (TPSA) is 52.6 Å². The molecule has 0 bridgehead atoms. The van der Waals surface area contributed by atoms with E-state index in [9.17, 15) is 9.90 Å². The van der Waals surface area contributed by atoms with Crippen LogP contribution in [0.1, 0.15) is 38.5 Å². The van der Waals surface area contributed by atoms with Gasteiger partial charge in [-0.1, -0.05) is 12.8 Å². The smallest absolute Gasteiger partial charge is 0.236 e. The quantitative estimate of drug-likeness (QED) is 0.745. The largest absolute Gasteiger partial charge is 0.392 e. The van der Waals surface area contributed by atoms with Crippen molar-refractivity contribution in [3.05, 3.63) is 0 Å². The molecule has 1 amide bonds. The van der Waals surface area contributed by atoms with Crippen molar-refractivity contribution in [1.29, 1.82) is 0 Å². The molecule has 4 heteroatoms. The first-order valence-electron chi connectivity index (χ1n) is 6.94. The van der Waals surface area contributed by atoms with Crippen molar-refractivity contribution < 1.29 is 9.90 Å². The summed E-state index contributed by atoms with van der Waals surface area (Å²) in [4.78, 5) is 13.9. The van der Waals surface area contributed by atoms with Gasteiger partial charge in [0.15, 0.2) is 0 Å². The van der Waals surface area contributed by atoms with Crippen LogP contribution in [0.15, 0.2) is 0 Å². The second-order valence-electron chi connectivity index (χ2n) is 5.33. The number of likely N-dealkylation sites (tertiary alicyclic amines) is 1. The van der Waals surface area contributed by atoms with Crippen LogP contribution in [0.2, 0.25) is 0 Å². The van der Waals surface area contributed by atoms with E-state index in [2.05, 4.69) is 5.32 Å². The van der Waals surface area contributed by atoms with Gasteiger partial charge in [-0.05, 0) is 31.6 Å². The van der Waals surface area contributed by atoms with Crippen LogP contribution in [-0.2, 0) is 4.79 Å². The first-order valence-corrected chi connectivity index (χ1v) is 6.94. The number of nitrogens with one attached hydrogen (secondary N) is 1. The van der Waals surface area contributed by atoms with Crippen LogP contribution in [0.3, 0.4) is 0 Å². The van der Waals surface area contributed by atoms with E-state index in [1.807, 2.05) is 4.90 Å². The molecule has 0 radical (unpaired) electrons. The minimum absolute atomic E-state index is 0.190. The van der Waals surface area contributed by atoms with Crippen LogP contribution in [0, 0.1) is 5.92 Å². The molecule has 0 aromatic carbocycles. The van der Waals surface area contributed by atoms with E-state index in [-0.39, 0.29) is 12.0 Å². The number of amides is 1. The van der Waals surface area contributed by atoms with E-state index in [1.54, 1.807) is 0 Å². The normalized spacial score (nSPS) is 23.2. The first kappa shape index (κ1) is 12.8. The van der Waals surface area contributed by atoms with Crippen molar-refractivity contribution in [2.45, 2.75) is 44.6 Å². The van der Waals surface area contributed by atoms with E-state index in [0.717, 1.165) is 38.8 Å². The number of aliphatic hydroxyl groups excluding tert-OH is 1. The number of carbonyl (C=O) groups excluding carboxylic acids is 1. The van der Waals surface area contributed by atoms with Crippen molar-refractivity contribution in [2.75, 3.05) is 26.2 Å². The zero-order valence-electron chi connectivity index (χ0n) is 10.5. The number of hydrogen-bond acceptors (Lipinski definition) is 3. The molecule has 2 aliphatic rings. The van der Waals surface area contributed by atoms with Crippen LogP contribution < -0.4 is 5.32 Å². The second kappa shape index (κ2) is 6.36. The molecule has 2 fully saturated rings. The van der Waals surface area contributed by atoms with Crippen molar-refractivity contribution in [1.82, 2.24) is 10.2 Å². The van der Waals surface area contributed by atoms with E-state index >= 15 is 0 Å². The highest BCUT2D eigenvalue weighted by atomic mass is 16.3. The molecule has 0 spiro atoms. The lowest BCUT2D eigenvalue weighted by Crippen LogP contribution is -2.41. The summed E-state index contributed by atoms with van der Waals surface area (Å²) in [6.07, 6.45) is 6.79. The highest BCUT2D eigenvalue weighted by molar-refractivity contribution is 5.78. The number of rotatable bonds is 5. The summed E-state index contributed by atoms with van der Waals surface area (Å²) in [5.41, 5.74) is 0. The molecular formula is C13H24N2O2. The second-order valence-corrected chi connectivity index (χ2v) is 5.33. The van der Waals surface area contributed by atoms with Gasteiger partial charge in [0.2, 0.25) is 5.91 Å². The minimum atomic E-state index is -0.257. The summed E-state index contributed by atoms with van der Waals surface area (Å²) in [5, 5.41) is 12.8. The molecule has 1 aliphatic heterocycles. The lowest BCUT2D eigenvalue weighted by Gasteiger charge is -2.21. The van der Waals surface area contributed by atoms with Crippen molar-refractivity contribution in [3.8, 4) is 0 Å². The minimum Gasteiger partial charge on any atom is -0.392 e. The molecule has 1 atom stereocenters. The Morgan fingerprint density at radius 3 is 2.47 bits per heavy atom. The van der Waals surface area contributed by atoms with Gasteiger partial charge in [0, 0.05) is 19.6 Å². The van der Waals surface area contributed by atoms with Crippen LogP contribution in [0.25, 0.3) is 0 Å². The Hall–Kier alpha value is -0.610. The van der Waals surface area contributed by atoms with Gasteiger partial charge in [-0.3, -0.25) is 4.79 Å². The highest BCUT2D eigenvalue weighted by Gasteiger charge is 2.29. The Morgan fingerprint density at radius 1 is 1.24 bits per heavy atom. The standard InChI is InChI=1S/C13H24N2O2/c16-12(11-5-6-11)9-14-10-13(17)15-7-3-1-2-4-8-15/h11-12,14,16H,1-10H2. The van der Waals surface area contributed by atoms with Gasteiger partial charge in [0.25, 0.3) is 0 Å². The van der Waals surface area contributed by atoms with E-state index in [4.69, 9.17) is 0 Å². The van der Waals surface area contributed by atoms with Crippen molar-refractivity contribution in [3.63, 3.8) is 0 Å². The number of aliphatic hydroxyl groups is 1. The van der Waals surface area contributed by atoms with Gasteiger partial charge in [-0.15, -0.1) is 0 Å². The maximum absolute atomic E-state index is 11.9. The fourth-order valence-corrected chi connectivity index (χ4v) is 2.41. The number of carbonyl (C=O) groups is 1. The Bertz CT molecular complexity index is 246. The monoisotopic (exact) mass is 240 g/mol. The average molecular weight is 240 g/mol. The van der Waals surface area contributed by atoms with Crippen LogP contribution >= 0.6 is 0 Å². The molecule has 0 aromatic heterocycles. The summed E-state index contributed by atoms with van der Waals surface area (Å²) in [6, 6.07) is 0. The van der Waals surface area contributed by atoms with Gasteiger partial charge in [0.05, 0.1) is 12.6 Å². The summed E-state index contributed by atoms with van der Waals surface area (Å²) < 4.78 is 0. The third-order valence-corrected chi connectivity index (χ3v) is 3.75. The van der Waals surface area contributed by atoms with Gasteiger partial charge in [-0.25, -0.2) is 0 Å². The fraction of sp³-hybridized carbons (Fsp3) is 0.923.